The third-order valence-corrected chi connectivity index (χ3v) is 4.69. The zero-order valence-corrected chi connectivity index (χ0v) is 17.4. The third kappa shape index (κ3) is 5.32. The number of amides is 2. The molecule has 0 unspecified atom stereocenters. The molecule has 0 spiro atoms. The molecule has 0 aliphatic carbocycles. The first-order valence-corrected chi connectivity index (χ1v) is 9.75. The van der Waals surface area contributed by atoms with Gasteiger partial charge in [0.2, 0.25) is 11.8 Å². The standard InChI is InChI=1S/C21H24ClN3O4/c1-12(2)21(27)24-14-5-4-13(3)16(8-14)23-11-20(26)25-17-10-19-18(9-15(17)22)28-6-7-29-19/h4-5,8-10,12,23H,6-7,11H2,1-3H3,(H,24,27)(H,25,26). The number of carbonyl (C=O) groups excluding carboxylic acids is 2. The van der Waals surface area contributed by atoms with Gasteiger partial charge < -0.3 is 25.4 Å². The van der Waals surface area contributed by atoms with Crippen molar-refractivity contribution in [1.29, 1.82) is 0 Å². The van der Waals surface area contributed by atoms with Gasteiger partial charge in [0.15, 0.2) is 11.5 Å². The lowest BCUT2D eigenvalue weighted by molar-refractivity contribution is -0.119. The Bertz CT molecular complexity index is 930. The zero-order chi connectivity index (χ0) is 21.0. The first-order valence-electron chi connectivity index (χ1n) is 9.38. The number of anilines is 3. The van der Waals surface area contributed by atoms with Gasteiger partial charge in [0.1, 0.15) is 13.2 Å². The Morgan fingerprint density at radius 1 is 1.03 bits per heavy atom. The quantitative estimate of drug-likeness (QED) is 0.659. The van der Waals surface area contributed by atoms with Gasteiger partial charge in [0, 0.05) is 29.4 Å². The fourth-order valence-corrected chi connectivity index (χ4v) is 2.91. The number of hydrogen-bond donors (Lipinski definition) is 3. The molecule has 0 aromatic heterocycles. The molecular weight excluding hydrogens is 394 g/mol. The van der Waals surface area contributed by atoms with E-state index in [0.29, 0.717) is 41.1 Å². The van der Waals surface area contributed by atoms with E-state index in [1.165, 1.54) is 0 Å². The van der Waals surface area contributed by atoms with Crippen molar-refractivity contribution < 1.29 is 19.1 Å². The number of aryl methyl sites for hydroxylation is 1. The van der Waals surface area contributed by atoms with Gasteiger partial charge in [-0.2, -0.15) is 0 Å². The molecule has 3 rings (SSSR count). The van der Waals surface area contributed by atoms with E-state index in [4.69, 9.17) is 21.1 Å². The van der Waals surface area contributed by atoms with Crippen LogP contribution in [0.2, 0.25) is 5.02 Å². The van der Waals surface area contributed by atoms with Gasteiger partial charge in [0.05, 0.1) is 17.3 Å². The highest BCUT2D eigenvalue weighted by molar-refractivity contribution is 6.34. The summed E-state index contributed by atoms with van der Waals surface area (Å²) >= 11 is 6.23. The van der Waals surface area contributed by atoms with Crippen LogP contribution in [-0.4, -0.2) is 31.6 Å². The summed E-state index contributed by atoms with van der Waals surface area (Å²) in [6.07, 6.45) is 0. The van der Waals surface area contributed by atoms with Gasteiger partial charge in [-0.15, -0.1) is 0 Å². The number of rotatable bonds is 6. The van der Waals surface area contributed by atoms with Crippen molar-refractivity contribution in [3.05, 3.63) is 40.9 Å². The summed E-state index contributed by atoms with van der Waals surface area (Å²) in [6.45, 7) is 6.53. The second-order valence-electron chi connectivity index (χ2n) is 7.05. The summed E-state index contributed by atoms with van der Waals surface area (Å²) < 4.78 is 11.0. The molecule has 0 radical (unpaired) electrons. The minimum absolute atomic E-state index is 0.0349. The Morgan fingerprint density at radius 3 is 2.41 bits per heavy atom. The molecular formula is C21H24ClN3O4. The van der Waals surface area contributed by atoms with E-state index in [1.54, 1.807) is 18.2 Å². The van der Waals surface area contributed by atoms with Crippen molar-refractivity contribution in [3.8, 4) is 11.5 Å². The number of nitrogens with one attached hydrogen (secondary N) is 3. The van der Waals surface area contributed by atoms with E-state index < -0.39 is 0 Å². The second kappa shape index (κ2) is 9.05. The molecule has 2 aromatic carbocycles. The van der Waals surface area contributed by atoms with E-state index in [9.17, 15) is 9.59 Å². The molecule has 0 bridgehead atoms. The Morgan fingerprint density at radius 2 is 1.72 bits per heavy atom. The molecule has 0 fully saturated rings. The molecule has 8 heteroatoms. The summed E-state index contributed by atoms with van der Waals surface area (Å²) in [5.41, 5.74) is 2.84. The van der Waals surface area contributed by atoms with Crippen LogP contribution in [0.5, 0.6) is 11.5 Å². The number of benzene rings is 2. The molecule has 3 N–H and O–H groups in total. The molecule has 2 aromatic rings. The van der Waals surface area contributed by atoms with Crippen molar-refractivity contribution >= 4 is 40.5 Å². The lowest BCUT2D eigenvalue weighted by atomic mass is 10.1. The number of hydrogen-bond acceptors (Lipinski definition) is 5. The lowest BCUT2D eigenvalue weighted by Crippen LogP contribution is -2.23. The maximum absolute atomic E-state index is 12.4. The predicted molar refractivity (Wildman–Crippen MR) is 114 cm³/mol. The lowest BCUT2D eigenvalue weighted by Gasteiger charge is -2.20. The number of fused-ring (bicyclic) bond motifs is 1. The summed E-state index contributed by atoms with van der Waals surface area (Å²) in [6, 6.07) is 8.80. The summed E-state index contributed by atoms with van der Waals surface area (Å²) in [5.74, 6) is 0.668. The van der Waals surface area contributed by atoms with Crippen LogP contribution in [0.3, 0.4) is 0 Å². The first kappa shape index (κ1) is 20.8. The normalized spacial score (nSPS) is 12.4. The number of halogens is 1. The molecule has 1 heterocycles. The van der Waals surface area contributed by atoms with Gasteiger partial charge in [-0.3, -0.25) is 9.59 Å². The fourth-order valence-electron chi connectivity index (χ4n) is 2.71. The second-order valence-corrected chi connectivity index (χ2v) is 7.46. The largest absolute Gasteiger partial charge is 0.486 e. The van der Waals surface area contributed by atoms with Crippen LogP contribution in [0.4, 0.5) is 17.1 Å². The molecule has 29 heavy (non-hydrogen) atoms. The smallest absolute Gasteiger partial charge is 0.243 e. The van der Waals surface area contributed by atoms with Gasteiger partial charge in [0.25, 0.3) is 0 Å². The van der Waals surface area contributed by atoms with Gasteiger partial charge in [-0.25, -0.2) is 0 Å². The van der Waals surface area contributed by atoms with Crippen molar-refractivity contribution in [2.24, 2.45) is 5.92 Å². The molecule has 0 saturated carbocycles. The van der Waals surface area contributed by atoms with Crippen molar-refractivity contribution in [3.63, 3.8) is 0 Å². The van der Waals surface area contributed by atoms with E-state index in [1.807, 2.05) is 32.9 Å². The van der Waals surface area contributed by atoms with E-state index in [0.717, 1.165) is 11.3 Å². The van der Waals surface area contributed by atoms with E-state index >= 15 is 0 Å². The number of ether oxygens (including phenoxy) is 2. The fraction of sp³-hybridized carbons (Fsp3) is 0.333. The molecule has 1 aliphatic rings. The third-order valence-electron chi connectivity index (χ3n) is 4.37. The van der Waals surface area contributed by atoms with Gasteiger partial charge >= 0.3 is 0 Å². The zero-order valence-electron chi connectivity index (χ0n) is 16.6. The average Bonchev–Trinajstić information content (AvgIpc) is 2.68. The van der Waals surface area contributed by atoms with Crippen LogP contribution in [0.25, 0.3) is 0 Å². The van der Waals surface area contributed by atoms with Crippen LogP contribution in [0, 0.1) is 12.8 Å². The summed E-state index contributed by atoms with van der Waals surface area (Å²) in [5, 5.41) is 9.09. The Kier molecular flexibility index (Phi) is 6.49. The van der Waals surface area contributed by atoms with Crippen LogP contribution >= 0.6 is 11.6 Å². The number of carbonyl (C=O) groups is 2. The molecule has 2 amide bonds. The van der Waals surface area contributed by atoms with Crippen LogP contribution in [0.1, 0.15) is 19.4 Å². The van der Waals surface area contributed by atoms with Crippen molar-refractivity contribution in [2.75, 3.05) is 35.7 Å². The Balaban J connectivity index is 1.63. The van der Waals surface area contributed by atoms with Gasteiger partial charge in [-0.05, 0) is 24.6 Å². The summed E-state index contributed by atoms with van der Waals surface area (Å²) in [7, 11) is 0. The van der Waals surface area contributed by atoms with E-state index in [-0.39, 0.29) is 24.3 Å². The van der Waals surface area contributed by atoms with Crippen LogP contribution in [0.15, 0.2) is 30.3 Å². The maximum atomic E-state index is 12.4. The monoisotopic (exact) mass is 417 g/mol. The minimum atomic E-state index is -0.264. The first-order chi connectivity index (χ1) is 13.8. The molecule has 0 atom stereocenters. The molecule has 0 saturated heterocycles. The highest BCUT2D eigenvalue weighted by atomic mass is 35.5. The SMILES string of the molecule is Cc1ccc(NC(=O)C(C)C)cc1NCC(=O)Nc1cc2c(cc1Cl)OCCO2. The summed E-state index contributed by atoms with van der Waals surface area (Å²) in [4.78, 5) is 24.3. The maximum Gasteiger partial charge on any atom is 0.243 e. The minimum Gasteiger partial charge on any atom is -0.486 e. The topological polar surface area (TPSA) is 88.7 Å². The molecule has 7 nitrogen and oxygen atoms in total. The van der Waals surface area contributed by atoms with Crippen LogP contribution in [-0.2, 0) is 9.59 Å². The highest BCUT2D eigenvalue weighted by Crippen LogP contribution is 2.37. The average molecular weight is 418 g/mol. The van der Waals surface area contributed by atoms with Crippen LogP contribution < -0.4 is 25.4 Å². The van der Waals surface area contributed by atoms with Crippen molar-refractivity contribution in [1.82, 2.24) is 0 Å². The highest BCUT2D eigenvalue weighted by Gasteiger charge is 2.16. The molecule has 154 valence electrons. The van der Waals surface area contributed by atoms with Gasteiger partial charge in [-0.1, -0.05) is 31.5 Å². The van der Waals surface area contributed by atoms with E-state index in [2.05, 4.69) is 16.0 Å². The molecule has 1 aliphatic heterocycles. The predicted octanol–water partition coefficient (Wildman–Crippen LogP) is 4.06. The Hall–Kier alpha value is -2.93. The van der Waals surface area contributed by atoms with Crippen molar-refractivity contribution in [2.45, 2.75) is 20.8 Å². The Labute approximate surface area is 174 Å².